The lowest BCUT2D eigenvalue weighted by Gasteiger charge is -2.02. The van der Waals surface area contributed by atoms with Gasteiger partial charge in [-0.3, -0.25) is 0 Å². The average Bonchev–Trinajstić information content (AvgIpc) is 2.70. The number of carboxylic acids is 1. The molecule has 0 aliphatic rings. The van der Waals surface area contributed by atoms with E-state index in [0.717, 1.165) is 16.0 Å². The molecule has 0 saturated carbocycles. The third-order valence-corrected chi connectivity index (χ3v) is 3.56. The third kappa shape index (κ3) is 2.73. The minimum absolute atomic E-state index is 0.139. The number of aryl methyl sites for hydroxylation is 2. The summed E-state index contributed by atoms with van der Waals surface area (Å²) in [5, 5.41) is 9.01. The molecule has 18 heavy (non-hydrogen) atoms. The Labute approximate surface area is 108 Å². The first-order valence-corrected chi connectivity index (χ1v) is 6.28. The Kier molecular flexibility index (Phi) is 3.72. The quantitative estimate of drug-likeness (QED) is 0.924. The van der Waals surface area contributed by atoms with Crippen molar-refractivity contribution in [1.29, 1.82) is 0 Å². The van der Waals surface area contributed by atoms with Crippen LogP contribution in [0.4, 0.5) is 4.39 Å². The van der Waals surface area contributed by atoms with Gasteiger partial charge in [0.05, 0.1) is 0 Å². The minimum atomic E-state index is -0.992. The summed E-state index contributed by atoms with van der Waals surface area (Å²) in [5.41, 5.74) is 1.90. The van der Waals surface area contributed by atoms with E-state index >= 15 is 0 Å². The van der Waals surface area contributed by atoms with Gasteiger partial charge < -0.3 is 5.11 Å². The van der Waals surface area contributed by atoms with Crippen LogP contribution in [0.1, 0.15) is 26.5 Å². The number of benzene rings is 1. The summed E-state index contributed by atoms with van der Waals surface area (Å²) in [6.07, 6.45) is 1.29. The highest BCUT2D eigenvalue weighted by molar-refractivity contribution is 7.06. The van der Waals surface area contributed by atoms with Crippen molar-refractivity contribution in [1.82, 2.24) is 4.37 Å². The molecule has 0 unspecified atom stereocenters. The van der Waals surface area contributed by atoms with E-state index in [-0.39, 0.29) is 11.5 Å². The number of carbonyl (C=O) groups is 1. The molecule has 0 radical (unpaired) electrons. The predicted octanol–water partition coefficient (Wildman–Crippen LogP) is 3.07. The Morgan fingerprint density at radius 1 is 1.33 bits per heavy atom. The maximum absolute atomic E-state index is 12.7. The standard InChI is InChI=1S/C13H12FNO2S/c1-8-11(12(13(16)17)15-18-8)7-4-9-2-5-10(14)6-3-9/h2-3,5-6H,4,7H2,1H3,(H,16,17). The highest BCUT2D eigenvalue weighted by Crippen LogP contribution is 2.20. The fraction of sp³-hybridized carbons (Fsp3) is 0.231. The van der Waals surface area contributed by atoms with Crippen molar-refractivity contribution in [3.8, 4) is 0 Å². The summed E-state index contributed by atoms with van der Waals surface area (Å²) < 4.78 is 16.7. The maximum atomic E-state index is 12.7. The van der Waals surface area contributed by atoms with Crippen molar-refractivity contribution in [2.45, 2.75) is 19.8 Å². The second kappa shape index (κ2) is 5.27. The first-order valence-electron chi connectivity index (χ1n) is 5.51. The molecule has 1 heterocycles. The zero-order valence-electron chi connectivity index (χ0n) is 9.81. The van der Waals surface area contributed by atoms with Crippen molar-refractivity contribution in [2.24, 2.45) is 0 Å². The molecule has 5 heteroatoms. The molecule has 1 aromatic heterocycles. The van der Waals surface area contributed by atoms with Crippen LogP contribution in [-0.2, 0) is 12.8 Å². The Balaban J connectivity index is 2.12. The summed E-state index contributed by atoms with van der Waals surface area (Å²) in [6.45, 7) is 1.87. The van der Waals surface area contributed by atoms with Crippen LogP contribution in [0, 0.1) is 12.7 Å². The number of hydrogen-bond acceptors (Lipinski definition) is 3. The van der Waals surface area contributed by atoms with Gasteiger partial charge in [-0.2, -0.15) is 4.37 Å². The number of halogens is 1. The summed E-state index contributed by atoms with van der Waals surface area (Å²) in [7, 11) is 0. The van der Waals surface area contributed by atoms with Gasteiger partial charge >= 0.3 is 5.97 Å². The van der Waals surface area contributed by atoms with E-state index < -0.39 is 5.97 Å². The van der Waals surface area contributed by atoms with Gasteiger partial charge in [0.1, 0.15) is 5.82 Å². The highest BCUT2D eigenvalue weighted by atomic mass is 32.1. The molecule has 0 atom stereocenters. The number of carboxylic acid groups (broad SMARTS) is 1. The van der Waals surface area contributed by atoms with Crippen molar-refractivity contribution >= 4 is 17.5 Å². The van der Waals surface area contributed by atoms with Crippen LogP contribution < -0.4 is 0 Å². The molecule has 0 aliphatic heterocycles. The summed E-state index contributed by atoms with van der Waals surface area (Å²) >= 11 is 1.21. The molecule has 2 rings (SSSR count). The molecule has 1 N–H and O–H groups in total. The second-order valence-electron chi connectivity index (χ2n) is 4.00. The van der Waals surface area contributed by atoms with E-state index in [1.54, 1.807) is 12.1 Å². The van der Waals surface area contributed by atoms with E-state index in [2.05, 4.69) is 4.37 Å². The highest BCUT2D eigenvalue weighted by Gasteiger charge is 2.16. The fourth-order valence-corrected chi connectivity index (χ4v) is 2.50. The van der Waals surface area contributed by atoms with E-state index in [0.29, 0.717) is 12.8 Å². The molecule has 0 bridgehead atoms. The Morgan fingerprint density at radius 2 is 2.00 bits per heavy atom. The number of aromatic carboxylic acids is 1. The Hall–Kier alpha value is -1.75. The molecule has 3 nitrogen and oxygen atoms in total. The number of hydrogen-bond donors (Lipinski definition) is 1. The lowest BCUT2D eigenvalue weighted by molar-refractivity contribution is 0.0690. The molecule has 0 fully saturated rings. The zero-order chi connectivity index (χ0) is 13.1. The fourth-order valence-electron chi connectivity index (χ4n) is 1.77. The van der Waals surface area contributed by atoms with E-state index in [1.807, 2.05) is 6.92 Å². The first-order chi connectivity index (χ1) is 8.58. The normalized spacial score (nSPS) is 10.6. The van der Waals surface area contributed by atoms with E-state index in [1.165, 1.54) is 23.7 Å². The summed E-state index contributed by atoms with van der Waals surface area (Å²) in [5.74, 6) is -1.26. The molecule has 0 aliphatic carbocycles. The van der Waals surface area contributed by atoms with Crippen LogP contribution in [0.15, 0.2) is 24.3 Å². The average molecular weight is 265 g/mol. The minimum Gasteiger partial charge on any atom is -0.476 e. The van der Waals surface area contributed by atoms with Gasteiger partial charge in [0.15, 0.2) is 5.69 Å². The second-order valence-corrected chi connectivity index (χ2v) is 4.98. The van der Waals surface area contributed by atoms with Gasteiger partial charge in [-0.25, -0.2) is 9.18 Å². The van der Waals surface area contributed by atoms with Crippen LogP contribution in [0.3, 0.4) is 0 Å². The molecule has 0 spiro atoms. The van der Waals surface area contributed by atoms with Crippen LogP contribution in [0.25, 0.3) is 0 Å². The Bertz CT molecular complexity index is 563. The van der Waals surface area contributed by atoms with Gasteiger partial charge in [-0.05, 0) is 49.0 Å². The van der Waals surface area contributed by atoms with Crippen molar-refractivity contribution in [2.75, 3.05) is 0 Å². The molecule has 1 aromatic carbocycles. The SMILES string of the molecule is Cc1snc(C(=O)O)c1CCc1ccc(F)cc1. The Morgan fingerprint density at radius 3 is 2.61 bits per heavy atom. The van der Waals surface area contributed by atoms with Crippen LogP contribution in [0.2, 0.25) is 0 Å². The number of rotatable bonds is 4. The molecular weight excluding hydrogens is 253 g/mol. The van der Waals surface area contributed by atoms with Crippen molar-refractivity contribution in [3.05, 3.63) is 51.8 Å². The summed E-state index contributed by atoms with van der Waals surface area (Å²) in [4.78, 5) is 11.9. The van der Waals surface area contributed by atoms with Gasteiger partial charge in [0.25, 0.3) is 0 Å². The predicted molar refractivity (Wildman–Crippen MR) is 67.6 cm³/mol. The third-order valence-electron chi connectivity index (χ3n) is 2.76. The van der Waals surface area contributed by atoms with Crippen LogP contribution >= 0.6 is 11.5 Å². The van der Waals surface area contributed by atoms with Gasteiger partial charge in [0, 0.05) is 10.4 Å². The van der Waals surface area contributed by atoms with Crippen LogP contribution in [-0.4, -0.2) is 15.4 Å². The van der Waals surface area contributed by atoms with Crippen LogP contribution in [0.5, 0.6) is 0 Å². The smallest absolute Gasteiger partial charge is 0.355 e. The molecule has 0 amide bonds. The number of nitrogens with zero attached hydrogens (tertiary/aromatic N) is 1. The van der Waals surface area contributed by atoms with Crippen molar-refractivity contribution in [3.63, 3.8) is 0 Å². The van der Waals surface area contributed by atoms with E-state index in [9.17, 15) is 9.18 Å². The molecule has 94 valence electrons. The largest absolute Gasteiger partial charge is 0.476 e. The van der Waals surface area contributed by atoms with Gasteiger partial charge in [-0.1, -0.05) is 12.1 Å². The molecular formula is C13H12FNO2S. The molecule has 2 aromatic rings. The van der Waals surface area contributed by atoms with Gasteiger partial charge in [-0.15, -0.1) is 0 Å². The van der Waals surface area contributed by atoms with Gasteiger partial charge in [0.2, 0.25) is 0 Å². The monoisotopic (exact) mass is 265 g/mol. The summed E-state index contributed by atoms with van der Waals surface area (Å²) in [6, 6.07) is 6.24. The molecule has 0 saturated heterocycles. The van der Waals surface area contributed by atoms with E-state index in [4.69, 9.17) is 5.11 Å². The zero-order valence-corrected chi connectivity index (χ0v) is 10.6. The van der Waals surface area contributed by atoms with Crippen molar-refractivity contribution < 1.29 is 14.3 Å². The topological polar surface area (TPSA) is 50.2 Å². The lowest BCUT2D eigenvalue weighted by Crippen LogP contribution is -2.03. The number of aromatic nitrogens is 1. The first kappa shape index (κ1) is 12.7. The maximum Gasteiger partial charge on any atom is 0.355 e. The lowest BCUT2D eigenvalue weighted by atomic mass is 10.0.